The third-order valence-corrected chi connectivity index (χ3v) is 3.21. The summed E-state index contributed by atoms with van der Waals surface area (Å²) in [6.07, 6.45) is 2.59. The van der Waals surface area contributed by atoms with Gasteiger partial charge in [-0.25, -0.2) is 0 Å². The topological polar surface area (TPSA) is 29.3 Å². The van der Waals surface area contributed by atoms with E-state index >= 15 is 0 Å². The molecular weight excluding hydrogens is 184 g/mol. The molecule has 0 unspecified atom stereocenters. The van der Waals surface area contributed by atoms with Crippen LogP contribution in [0.15, 0.2) is 24.3 Å². The minimum atomic E-state index is 0.605. The zero-order valence-electron chi connectivity index (χ0n) is 9.45. The Labute approximate surface area is 92.1 Å². The lowest BCUT2D eigenvalue weighted by Crippen LogP contribution is -2.29. The predicted octanol–water partition coefficient (Wildman–Crippen LogP) is 2.09. The van der Waals surface area contributed by atoms with Crippen LogP contribution in [0.1, 0.15) is 30.0 Å². The van der Waals surface area contributed by atoms with Gasteiger partial charge in [-0.15, -0.1) is 0 Å². The second-order valence-electron chi connectivity index (χ2n) is 4.40. The maximum absolute atomic E-state index is 5.64. The fourth-order valence-electron chi connectivity index (χ4n) is 2.51. The van der Waals surface area contributed by atoms with E-state index in [2.05, 4.69) is 36.1 Å². The fraction of sp³-hybridized carbons (Fsp3) is 0.538. The summed E-state index contributed by atoms with van der Waals surface area (Å²) in [4.78, 5) is 2.51. The molecule has 0 aromatic heterocycles. The lowest BCUT2D eigenvalue weighted by molar-refractivity contribution is 0.264. The van der Waals surface area contributed by atoms with Gasteiger partial charge < -0.3 is 5.73 Å². The van der Waals surface area contributed by atoms with E-state index < -0.39 is 0 Å². The molecule has 1 fully saturated rings. The van der Waals surface area contributed by atoms with E-state index in [1.165, 1.54) is 30.5 Å². The Hall–Kier alpha value is -0.860. The zero-order chi connectivity index (χ0) is 10.7. The maximum Gasteiger partial charge on any atom is 0.0349 e. The molecule has 82 valence electrons. The maximum atomic E-state index is 5.64. The Bertz CT molecular complexity index is 322. The number of benzene rings is 1. The van der Waals surface area contributed by atoms with E-state index in [1.54, 1.807) is 0 Å². The van der Waals surface area contributed by atoms with Crippen LogP contribution in [0.25, 0.3) is 0 Å². The van der Waals surface area contributed by atoms with Crippen LogP contribution in [-0.2, 0) is 0 Å². The van der Waals surface area contributed by atoms with Gasteiger partial charge in [0.05, 0.1) is 0 Å². The van der Waals surface area contributed by atoms with E-state index in [9.17, 15) is 0 Å². The van der Waals surface area contributed by atoms with Gasteiger partial charge in [0.15, 0.2) is 0 Å². The molecule has 1 atom stereocenters. The van der Waals surface area contributed by atoms with Crippen molar-refractivity contribution in [2.45, 2.75) is 25.8 Å². The number of aryl methyl sites for hydroxylation is 1. The molecule has 0 aliphatic carbocycles. The SMILES string of the molecule is Cc1cccc([C@@H]2CCCN2CCN)c1. The molecule has 2 N–H and O–H groups in total. The number of nitrogens with two attached hydrogens (primary N) is 1. The normalized spacial score (nSPS) is 22.1. The van der Waals surface area contributed by atoms with Crippen LogP contribution in [-0.4, -0.2) is 24.5 Å². The van der Waals surface area contributed by atoms with Gasteiger partial charge in [-0.05, 0) is 31.9 Å². The number of rotatable bonds is 3. The molecule has 2 nitrogen and oxygen atoms in total. The Morgan fingerprint density at radius 1 is 1.47 bits per heavy atom. The molecule has 0 amide bonds. The van der Waals surface area contributed by atoms with Gasteiger partial charge in [0, 0.05) is 19.1 Å². The Balaban J connectivity index is 2.15. The largest absolute Gasteiger partial charge is 0.329 e. The lowest BCUT2D eigenvalue weighted by Gasteiger charge is -2.24. The first-order chi connectivity index (χ1) is 7.31. The highest BCUT2D eigenvalue weighted by atomic mass is 15.2. The molecule has 1 aromatic rings. The molecule has 2 heteroatoms. The van der Waals surface area contributed by atoms with Gasteiger partial charge in [-0.2, -0.15) is 0 Å². The molecule has 1 aliphatic heterocycles. The molecule has 1 heterocycles. The molecule has 0 bridgehead atoms. The van der Waals surface area contributed by atoms with E-state index in [-0.39, 0.29) is 0 Å². The van der Waals surface area contributed by atoms with Crippen molar-refractivity contribution in [3.63, 3.8) is 0 Å². The van der Waals surface area contributed by atoms with Gasteiger partial charge >= 0.3 is 0 Å². The second-order valence-corrected chi connectivity index (χ2v) is 4.40. The standard InChI is InChI=1S/C13H20N2/c1-11-4-2-5-12(10-11)13-6-3-8-15(13)9-7-14/h2,4-5,10,13H,3,6-9,14H2,1H3/t13-/m0/s1. The van der Waals surface area contributed by atoms with E-state index in [1.807, 2.05) is 0 Å². The van der Waals surface area contributed by atoms with Crippen LogP contribution in [0.3, 0.4) is 0 Å². The van der Waals surface area contributed by atoms with Crippen molar-refractivity contribution < 1.29 is 0 Å². The van der Waals surface area contributed by atoms with Crippen molar-refractivity contribution in [1.29, 1.82) is 0 Å². The highest BCUT2D eigenvalue weighted by Crippen LogP contribution is 2.31. The van der Waals surface area contributed by atoms with Crippen LogP contribution in [0.2, 0.25) is 0 Å². The number of nitrogens with zero attached hydrogens (tertiary/aromatic N) is 1. The van der Waals surface area contributed by atoms with Crippen LogP contribution < -0.4 is 5.73 Å². The second kappa shape index (κ2) is 4.77. The molecule has 1 aromatic carbocycles. The van der Waals surface area contributed by atoms with Gasteiger partial charge in [-0.3, -0.25) is 4.90 Å². The van der Waals surface area contributed by atoms with E-state index in [4.69, 9.17) is 5.73 Å². The predicted molar refractivity (Wildman–Crippen MR) is 63.8 cm³/mol. The quantitative estimate of drug-likeness (QED) is 0.817. The first-order valence-corrected chi connectivity index (χ1v) is 5.82. The Morgan fingerprint density at radius 3 is 3.07 bits per heavy atom. The summed E-state index contributed by atoms with van der Waals surface area (Å²) in [5.41, 5.74) is 8.45. The van der Waals surface area contributed by atoms with Crippen molar-refractivity contribution in [2.24, 2.45) is 5.73 Å². The third-order valence-electron chi connectivity index (χ3n) is 3.21. The summed E-state index contributed by atoms with van der Waals surface area (Å²) in [5.74, 6) is 0. The molecule has 0 saturated carbocycles. The van der Waals surface area contributed by atoms with Crippen LogP contribution in [0.4, 0.5) is 0 Å². The first kappa shape index (κ1) is 10.7. The summed E-state index contributed by atoms with van der Waals surface area (Å²) in [6, 6.07) is 9.47. The number of likely N-dealkylation sites (tertiary alicyclic amines) is 1. The highest BCUT2D eigenvalue weighted by Gasteiger charge is 2.24. The summed E-state index contributed by atoms with van der Waals surface area (Å²) in [6.45, 7) is 5.16. The number of hydrogen-bond donors (Lipinski definition) is 1. The molecule has 15 heavy (non-hydrogen) atoms. The average molecular weight is 204 g/mol. The Morgan fingerprint density at radius 2 is 2.33 bits per heavy atom. The molecule has 1 aliphatic rings. The number of hydrogen-bond acceptors (Lipinski definition) is 2. The van der Waals surface area contributed by atoms with E-state index in [0.29, 0.717) is 6.04 Å². The minimum absolute atomic E-state index is 0.605. The molecule has 1 saturated heterocycles. The van der Waals surface area contributed by atoms with E-state index in [0.717, 1.165) is 13.1 Å². The third kappa shape index (κ3) is 2.39. The van der Waals surface area contributed by atoms with Crippen LogP contribution in [0, 0.1) is 6.92 Å². The molecule has 2 rings (SSSR count). The fourth-order valence-corrected chi connectivity index (χ4v) is 2.51. The van der Waals surface area contributed by atoms with Gasteiger partial charge in [0.1, 0.15) is 0 Å². The van der Waals surface area contributed by atoms with Gasteiger partial charge in [0.2, 0.25) is 0 Å². The average Bonchev–Trinajstić information content (AvgIpc) is 2.66. The summed E-state index contributed by atoms with van der Waals surface area (Å²) in [7, 11) is 0. The van der Waals surface area contributed by atoms with Crippen molar-refractivity contribution in [2.75, 3.05) is 19.6 Å². The summed E-state index contributed by atoms with van der Waals surface area (Å²) in [5, 5.41) is 0. The van der Waals surface area contributed by atoms with Gasteiger partial charge in [0.25, 0.3) is 0 Å². The minimum Gasteiger partial charge on any atom is -0.329 e. The molecule has 0 radical (unpaired) electrons. The first-order valence-electron chi connectivity index (χ1n) is 5.82. The van der Waals surface area contributed by atoms with Crippen molar-refractivity contribution in [1.82, 2.24) is 4.90 Å². The van der Waals surface area contributed by atoms with Crippen LogP contribution >= 0.6 is 0 Å². The lowest BCUT2D eigenvalue weighted by atomic mass is 10.0. The highest BCUT2D eigenvalue weighted by molar-refractivity contribution is 5.25. The molecular formula is C13H20N2. The van der Waals surface area contributed by atoms with Crippen LogP contribution in [0.5, 0.6) is 0 Å². The van der Waals surface area contributed by atoms with Crippen molar-refractivity contribution >= 4 is 0 Å². The zero-order valence-corrected chi connectivity index (χ0v) is 9.45. The smallest absolute Gasteiger partial charge is 0.0349 e. The molecule has 0 spiro atoms. The van der Waals surface area contributed by atoms with Gasteiger partial charge in [-0.1, -0.05) is 29.8 Å². The monoisotopic (exact) mass is 204 g/mol. The van der Waals surface area contributed by atoms with Crippen molar-refractivity contribution in [3.8, 4) is 0 Å². The van der Waals surface area contributed by atoms with Crippen molar-refractivity contribution in [3.05, 3.63) is 35.4 Å². The summed E-state index contributed by atoms with van der Waals surface area (Å²) >= 11 is 0. The summed E-state index contributed by atoms with van der Waals surface area (Å²) < 4.78 is 0. The Kier molecular flexibility index (Phi) is 3.39.